The normalized spacial score (nSPS) is 19.9. The predicted molar refractivity (Wildman–Crippen MR) is 606 cm³/mol. The number of hydrogen-bond donors (Lipinski definition) is 1. The largest absolute Gasteiger partial charge is 0.494 e. The molecule has 0 aliphatic carbocycles. The molecule has 8 aromatic rings. The monoisotopic (exact) mass is 2210 g/mol. The molecule has 1 aromatic heterocycles. The van der Waals surface area contributed by atoms with Crippen LogP contribution in [0.3, 0.4) is 0 Å². The van der Waals surface area contributed by atoms with Crippen LogP contribution in [-0.2, 0) is 70.1 Å². The van der Waals surface area contributed by atoms with Crippen LogP contribution in [0.1, 0.15) is 268 Å². The third-order valence-electron chi connectivity index (χ3n) is 28.5. The Morgan fingerprint density at radius 1 is 0.420 bits per heavy atom. The molecule has 7 fully saturated rings. The Kier molecular flexibility index (Phi) is 36.6. The number of hydrazone groups is 2. The number of nitrogens with zero attached hydrogens (tertiary/aromatic N) is 14. The van der Waals surface area contributed by atoms with Gasteiger partial charge in [0.15, 0.2) is 0 Å². The second kappa shape index (κ2) is 47.3. The molecule has 0 unspecified atom stereocenters. The van der Waals surface area contributed by atoms with Crippen LogP contribution >= 0.6 is 58.9 Å². The van der Waals surface area contributed by atoms with Gasteiger partial charge < -0.3 is 57.4 Å². The van der Waals surface area contributed by atoms with Crippen molar-refractivity contribution < 1.29 is 74.1 Å². The minimum Gasteiger partial charge on any atom is -0.444 e. The molecule has 22 rings (SSSR count). The summed E-state index contributed by atoms with van der Waals surface area (Å²) < 4.78 is 103. The maximum atomic E-state index is 13.6. The molecular formula is C112H136B3Br2F4N15O12S2. The second-order valence-electron chi connectivity index (χ2n) is 43.9. The number of benzene rings is 7. The molecule has 0 radical (unpaired) electrons. The number of aromatic nitrogens is 2. The number of amides is 5. The lowest BCUT2D eigenvalue weighted by atomic mass is 9.49. The second-order valence-corrected chi connectivity index (χ2v) is 45.2. The SMILES string of the molecule is CC(C)(C)OC(=O)N1CC(=CBr)C1.CC1(C)OB(B2OC(C)(C)C(C)(C)O2)OC1(C)C.CC1=NCc2cc(B3OC(C)(C)C(C)(C)O3)ccc21.CC1=NCc2cc(Br)ccc21.CC1=NCc2cc(C=C3CN(C(=O)N4N=CC[C@H]4c4cc(F)cc(F)c4)C3)ccc21.CC1=NCc2cc(C=C3CN(C(=O)OC(C)(C)C)C3)ccc21.CC1=NCc2cc(C=C3CNC3)ccc21.O=C(N1N=CC[C@H]1c1cc(F)cc(F)c1)n1ccnc1.S.S. The maximum Gasteiger partial charge on any atom is 0.494 e. The van der Waals surface area contributed by atoms with E-state index in [1.807, 2.05) is 109 Å². The van der Waals surface area contributed by atoms with Crippen molar-refractivity contribution in [2.45, 2.75) is 262 Å². The zero-order chi connectivity index (χ0) is 107. The molecule has 7 aromatic carbocycles. The van der Waals surface area contributed by atoms with Crippen molar-refractivity contribution in [3.8, 4) is 0 Å². The fraction of sp³-hybridized carbons (Fsp3) is 0.429. The number of nitrogens with one attached hydrogen (secondary N) is 1. The average Bonchev–Trinajstić information content (AvgIpc) is 1.59. The standard InChI is InChI=1S/C23H20F2N4O.C18H22N2O2.C15H20BNO2.C13H10F2N4O.C13H14N2.C12H24B2O4.C9H14BrNO2.C9H8BrN.2H2S/c1-14-21-3-2-15(7-18(21)11-26-14)6-16-12-28(13-16)23(30)29-22(4-5-27-29)17-8-19(24)10-20(25)9-17;1-12-16-6-5-13(8-15(16)9-19-12)7-14-10-20(11-14)17(21)22-18(2,3)4;1-10-13-7-6-12(8-11(13)9-17-10)16-18-14(2,3)15(4,5)19-16;14-10-5-9(6-11(15)7-10)12-1-2-17-19(12)13(20)18-4-3-16-8-18;1-9-13-3-2-10(4-11-6-14-7-11)5-12(13)8-15-9;1-9(2)10(3,4)16-13(15-9)14-17-11(5,6)12(7,8)18-14;1-9(2,3)13-8(12)11-5-7(4-10)6-11;1-6-9-3-2-8(10)4-7(9)5-11-6;;/h2-3,5-10,22H,4,11-13H2,1H3;5-8H,9-11H2,1-4H3;6-8H,9H2,1-5H3;2-8,12H,1H2;2-5,14H,6-8H2,1H3;1-8H3;4H,5-6H2,1-3H3;2-4H,5H2,1H3;2*1H2/t22-;;;12-;;;;;;/m0..0....../s1. The highest BCUT2D eigenvalue weighted by Crippen LogP contribution is 2.45. The minimum absolute atomic E-state index is 0. The lowest BCUT2D eigenvalue weighted by Gasteiger charge is -2.37. The number of rotatable bonds is 7. The van der Waals surface area contributed by atoms with Gasteiger partial charge in [-0.05, 0) is 302 Å². The van der Waals surface area contributed by atoms with Gasteiger partial charge in [-0.1, -0.05) is 111 Å². The number of urea groups is 1. The Balaban J connectivity index is 0.000000145. The Bertz CT molecular complexity index is 6640. The first-order valence-electron chi connectivity index (χ1n) is 50.0. The fourth-order valence-electron chi connectivity index (χ4n) is 17.9. The Hall–Kier alpha value is -11.0. The van der Waals surface area contributed by atoms with Crippen molar-refractivity contribution >= 4 is 169 Å². The predicted octanol–water partition coefficient (Wildman–Crippen LogP) is 22.8. The van der Waals surface area contributed by atoms with E-state index in [-0.39, 0.29) is 85.9 Å². The van der Waals surface area contributed by atoms with Gasteiger partial charge in [0, 0.05) is 163 Å². The van der Waals surface area contributed by atoms with E-state index in [2.05, 4.69) is 242 Å². The minimum atomic E-state index is -0.679. The Morgan fingerprint density at radius 2 is 0.747 bits per heavy atom. The first-order valence-corrected chi connectivity index (χ1v) is 51.7. The van der Waals surface area contributed by atoms with Crippen LogP contribution in [0.5, 0.6) is 0 Å². The number of aliphatic imine (C=N–C) groups is 5. The molecule has 150 heavy (non-hydrogen) atoms. The molecule has 2 atom stereocenters. The van der Waals surface area contributed by atoms with Crippen molar-refractivity contribution in [2.75, 3.05) is 52.4 Å². The van der Waals surface area contributed by atoms with Crippen molar-refractivity contribution in [2.24, 2.45) is 35.2 Å². The number of carbonyl (C=O) groups excluding carboxylic acids is 4. The third kappa shape index (κ3) is 28.0. The lowest BCUT2D eigenvalue weighted by Crippen LogP contribution is -2.49. The van der Waals surface area contributed by atoms with E-state index in [1.165, 1.54) is 147 Å². The number of carbonyl (C=O) groups is 4. The summed E-state index contributed by atoms with van der Waals surface area (Å²) in [5, 5.41) is 13.9. The quantitative estimate of drug-likeness (QED) is 0.115. The van der Waals surface area contributed by atoms with Crippen molar-refractivity contribution in [1.29, 1.82) is 0 Å². The average molecular weight is 2220 g/mol. The summed E-state index contributed by atoms with van der Waals surface area (Å²) in [7, 11) is -1.23. The van der Waals surface area contributed by atoms with E-state index in [0.717, 1.165) is 102 Å². The molecular weight excluding hydrogens is 2080 g/mol. The van der Waals surface area contributed by atoms with E-state index >= 15 is 0 Å². The summed E-state index contributed by atoms with van der Waals surface area (Å²) >= 11 is 6.66. The zero-order valence-electron chi connectivity index (χ0n) is 89.7. The summed E-state index contributed by atoms with van der Waals surface area (Å²) in [6, 6.07) is 36.9. The zero-order valence-corrected chi connectivity index (χ0v) is 94.9. The molecule has 0 bridgehead atoms. The number of hydrogen-bond acceptors (Lipinski definition) is 21. The number of halogens is 6. The van der Waals surface area contributed by atoms with E-state index in [1.54, 1.807) is 27.1 Å². The number of ether oxygens (including phenoxy) is 2. The lowest BCUT2D eigenvalue weighted by molar-refractivity contribution is 0.00578. The number of imidazole rings is 1. The highest BCUT2D eigenvalue weighted by atomic mass is 79.9. The van der Waals surface area contributed by atoms with E-state index in [0.29, 0.717) is 63.2 Å². The van der Waals surface area contributed by atoms with E-state index in [9.17, 15) is 36.7 Å². The molecule has 14 aliphatic rings. The van der Waals surface area contributed by atoms with Crippen LogP contribution in [0.15, 0.2) is 213 Å². The van der Waals surface area contributed by atoms with Gasteiger partial charge in [-0.2, -0.15) is 37.2 Å². The van der Waals surface area contributed by atoms with Crippen molar-refractivity contribution in [3.63, 3.8) is 0 Å². The van der Waals surface area contributed by atoms with Gasteiger partial charge in [-0.3, -0.25) is 29.5 Å². The molecule has 14 aliphatic heterocycles. The summed E-state index contributed by atoms with van der Waals surface area (Å²) in [5.41, 5.74) is 26.2. The fourth-order valence-corrected chi connectivity index (χ4v) is 18.6. The number of fused-ring (bicyclic) bond motifs is 5. The van der Waals surface area contributed by atoms with Gasteiger partial charge in [0.1, 0.15) is 40.8 Å². The van der Waals surface area contributed by atoms with Crippen LogP contribution in [-0.4, -0.2) is 218 Å². The van der Waals surface area contributed by atoms with Crippen LogP contribution < -0.4 is 10.8 Å². The molecule has 7 saturated heterocycles. The van der Waals surface area contributed by atoms with Gasteiger partial charge >= 0.3 is 45.4 Å². The van der Waals surface area contributed by atoms with Crippen molar-refractivity contribution in [1.82, 2.24) is 39.6 Å². The molecule has 5 amide bonds. The maximum absolute atomic E-state index is 13.6. The molecule has 794 valence electrons. The summed E-state index contributed by atoms with van der Waals surface area (Å²) in [6.45, 7) is 55.8. The number of likely N-dealkylation sites (tertiary alicyclic amines) is 3. The Morgan fingerprint density at radius 3 is 1.09 bits per heavy atom. The molecule has 15 heterocycles. The van der Waals surface area contributed by atoms with E-state index < -0.39 is 66.6 Å². The molecule has 0 spiro atoms. The summed E-state index contributed by atoms with van der Waals surface area (Å²) in [5.74, 6) is -2.68. The van der Waals surface area contributed by atoms with Crippen molar-refractivity contribution in [3.05, 3.63) is 285 Å². The molecule has 0 saturated carbocycles. The Labute approximate surface area is 910 Å². The van der Waals surface area contributed by atoms with Gasteiger partial charge in [0.05, 0.1) is 78.4 Å². The first-order chi connectivity index (χ1) is 69.6. The first kappa shape index (κ1) is 116. The van der Waals surface area contributed by atoms with Crippen LogP contribution in [0, 0.1) is 23.3 Å². The highest BCUT2D eigenvalue weighted by Gasteiger charge is 2.64. The van der Waals surface area contributed by atoms with Crippen LogP contribution in [0.25, 0.3) is 18.2 Å². The van der Waals surface area contributed by atoms with E-state index in [4.69, 9.17) is 37.4 Å². The van der Waals surface area contributed by atoms with Crippen LogP contribution in [0.4, 0.5) is 36.7 Å². The van der Waals surface area contributed by atoms with Gasteiger partial charge in [-0.15, -0.1) is 0 Å². The molecule has 38 heteroatoms. The van der Waals surface area contributed by atoms with Gasteiger partial charge in [-0.25, -0.2) is 51.7 Å². The highest BCUT2D eigenvalue weighted by molar-refractivity contribution is 9.11. The van der Waals surface area contributed by atoms with Gasteiger partial charge in [0.25, 0.3) is 0 Å². The third-order valence-corrected chi connectivity index (χ3v) is 29.6. The topological polar surface area (TPSA) is 275 Å². The summed E-state index contributed by atoms with van der Waals surface area (Å²) in [6.07, 6.45) is 14.4. The molecule has 27 nitrogen and oxygen atoms in total. The molecule has 1 N–H and O–H groups in total. The van der Waals surface area contributed by atoms with Gasteiger partial charge in [0.2, 0.25) is 0 Å². The van der Waals surface area contributed by atoms with Crippen LogP contribution in [0.2, 0.25) is 0 Å². The summed E-state index contributed by atoms with van der Waals surface area (Å²) in [4.78, 5) is 81.2. The smallest absolute Gasteiger partial charge is 0.444 e.